The highest BCUT2D eigenvalue weighted by molar-refractivity contribution is 7.18. The third-order valence-electron chi connectivity index (χ3n) is 5.80. The second-order valence-electron chi connectivity index (χ2n) is 7.73. The van der Waals surface area contributed by atoms with Crippen LogP contribution in [0.3, 0.4) is 0 Å². The number of aryl methyl sites for hydroxylation is 2. The first kappa shape index (κ1) is 19.8. The van der Waals surface area contributed by atoms with E-state index in [2.05, 4.69) is 0 Å². The summed E-state index contributed by atoms with van der Waals surface area (Å²) in [6.45, 7) is 0.263. The van der Waals surface area contributed by atoms with Crippen LogP contribution in [0.1, 0.15) is 28.8 Å². The van der Waals surface area contributed by atoms with Crippen molar-refractivity contribution in [3.8, 4) is 11.4 Å². The Morgan fingerprint density at radius 3 is 2.61 bits per heavy atom. The Balaban J connectivity index is 1.81. The van der Waals surface area contributed by atoms with Crippen LogP contribution in [0, 0.1) is 5.82 Å². The summed E-state index contributed by atoms with van der Waals surface area (Å²) >= 11 is 1.54. The largest absolute Gasteiger partial charge is 0.497 e. The van der Waals surface area contributed by atoms with Crippen molar-refractivity contribution in [2.75, 3.05) is 7.11 Å². The first-order valence-corrected chi connectivity index (χ1v) is 11.1. The molecule has 1 aliphatic carbocycles. The van der Waals surface area contributed by atoms with E-state index in [-0.39, 0.29) is 17.9 Å². The molecule has 0 atom stereocenters. The number of fused-ring (bicyclic) bond motifs is 3. The summed E-state index contributed by atoms with van der Waals surface area (Å²) < 4.78 is 21.6. The fraction of sp³-hybridized carbons (Fsp3) is 0.250. The number of aromatic nitrogens is 2. The predicted octanol–water partition coefficient (Wildman–Crippen LogP) is 4.29. The molecule has 0 saturated heterocycles. The predicted molar refractivity (Wildman–Crippen MR) is 120 cm³/mol. The Morgan fingerprint density at radius 2 is 1.84 bits per heavy atom. The van der Waals surface area contributed by atoms with Crippen molar-refractivity contribution in [1.82, 2.24) is 9.13 Å². The van der Waals surface area contributed by atoms with Gasteiger partial charge in [0.2, 0.25) is 0 Å². The van der Waals surface area contributed by atoms with Crippen molar-refractivity contribution < 1.29 is 9.13 Å². The van der Waals surface area contributed by atoms with Gasteiger partial charge in [-0.05, 0) is 61.1 Å². The summed E-state index contributed by atoms with van der Waals surface area (Å²) in [5.74, 6) is 0.246. The number of hydrogen-bond donors (Lipinski definition) is 0. The number of nitrogens with zero attached hydrogens (tertiary/aromatic N) is 2. The van der Waals surface area contributed by atoms with Gasteiger partial charge in [0, 0.05) is 10.9 Å². The first-order valence-electron chi connectivity index (χ1n) is 10.3. The third kappa shape index (κ3) is 3.39. The maximum absolute atomic E-state index is 13.6. The van der Waals surface area contributed by atoms with Gasteiger partial charge < -0.3 is 4.74 Å². The summed E-state index contributed by atoms with van der Waals surface area (Å²) in [6, 6.07) is 13.1. The van der Waals surface area contributed by atoms with E-state index in [1.807, 2.05) is 0 Å². The molecule has 0 radical (unpaired) electrons. The lowest BCUT2D eigenvalue weighted by atomic mass is 9.97. The number of thiophene rings is 1. The molecule has 0 unspecified atom stereocenters. The average Bonchev–Trinajstić information content (AvgIpc) is 3.18. The lowest BCUT2D eigenvalue weighted by Gasteiger charge is -2.14. The maximum Gasteiger partial charge on any atom is 0.337 e. The Morgan fingerprint density at radius 1 is 1.06 bits per heavy atom. The minimum Gasteiger partial charge on any atom is -0.497 e. The molecule has 5 rings (SSSR count). The third-order valence-corrected chi connectivity index (χ3v) is 7.12. The second kappa shape index (κ2) is 7.81. The minimum atomic E-state index is -0.409. The number of benzene rings is 2. The van der Waals surface area contributed by atoms with Gasteiger partial charge in [0.25, 0.3) is 5.56 Å². The van der Waals surface area contributed by atoms with Crippen LogP contribution < -0.4 is 16.0 Å². The molecule has 0 saturated carbocycles. The molecule has 1 aliphatic rings. The zero-order valence-electron chi connectivity index (χ0n) is 17.1. The Kier molecular flexibility index (Phi) is 4.98. The number of ether oxygens (including phenoxy) is 1. The van der Waals surface area contributed by atoms with Crippen molar-refractivity contribution >= 4 is 21.6 Å². The van der Waals surface area contributed by atoms with Gasteiger partial charge in [0.05, 0.1) is 24.7 Å². The van der Waals surface area contributed by atoms with Gasteiger partial charge in [-0.1, -0.05) is 18.2 Å². The minimum absolute atomic E-state index is 0.263. The van der Waals surface area contributed by atoms with E-state index in [0.29, 0.717) is 21.7 Å². The molecule has 2 heterocycles. The highest BCUT2D eigenvalue weighted by Gasteiger charge is 2.24. The lowest BCUT2D eigenvalue weighted by molar-refractivity contribution is 0.414. The van der Waals surface area contributed by atoms with Crippen LogP contribution >= 0.6 is 11.3 Å². The van der Waals surface area contributed by atoms with E-state index in [1.54, 1.807) is 48.1 Å². The zero-order chi connectivity index (χ0) is 21.5. The van der Waals surface area contributed by atoms with E-state index in [9.17, 15) is 14.0 Å². The Bertz CT molecular complexity index is 1400. The smallest absolute Gasteiger partial charge is 0.337 e. The molecule has 7 heteroatoms. The van der Waals surface area contributed by atoms with E-state index in [1.165, 1.54) is 32.9 Å². The quantitative estimate of drug-likeness (QED) is 0.480. The fourth-order valence-corrected chi connectivity index (χ4v) is 5.63. The van der Waals surface area contributed by atoms with Crippen LogP contribution in [0.15, 0.2) is 58.1 Å². The van der Waals surface area contributed by atoms with Crippen LogP contribution in [0.5, 0.6) is 5.75 Å². The normalized spacial score (nSPS) is 13.4. The molecule has 158 valence electrons. The van der Waals surface area contributed by atoms with E-state index >= 15 is 0 Å². The van der Waals surface area contributed by atoms with Crippen molar-refractivity contribution in [2.24, 2.45) is 0 Å². The van der Waals surface area contributed by atoms with Crippen molar-refractivity contribution in [3.05, 3.63) is 91.2 Å². The van der Waals surface area contributed by atoms with Crippen LogP contribution in [0.25, 0.3) is 15.9 Å². The van der Waals surface area contributed by atoms with Gasteiger partial charge in [-0.15, -0.1) is 11.3 Å². The topological polar surface area (TPSA) is 53.2 Å². The molecular weight excluding hydrogens is 415 g/mol. The molecule has 0 N–H and O–H groups in total. The number of rotatable bonds is 4. The van der Waals surface area contributed by atoms with E-state index < -0.39 is 5.69 Å². The molecule has 0 fully saturated rings. The van der Waals surface area contributed by atoms with Crippen LogP contribution in [0.2, 0.25) is 0 Å². The maximum atomic E-state index is 13.6. The van der Waals surface area contributed by atoms with Gasteiger partial charge in [0.15, 0.2) is 0 Å². The molecule has 31 heavy (non-hydrogen) atoms. The van der Waals surface area contributed by atoms with Gasteiger partial charge in [-0.2, -0.15) is 0 Å². The Hall–Kier alpha value is -3.19. The van der Waals surface area contributed by atoms with Crippen LogP contribution in [-0.2, 0) is 19.4 Å². The number of hydrogen-bond acceptors (Lipinski definition) is 4. The summed E-state index contributed by atoms with van der Waals surface area (Å²) in [5, 5.41) is 0.629. The van der Waals surface area contributed by atoms with Gasteiger partial charge in [-0.25, -0.2) is 13.8 Å². The fourth-order valence-electron chi connectivity index (χ4n) is 4.26. The molecule has 0 spiro atoms. The lowest BCUT2D eigenvalue weighted by Crippen LogP contribution is -2.39. The van der Waals surface area contributed by atoms with Crippen molar-refractivity contribution in [3.63, 3.8) is 0 Å². The molecule has 0 amide bonds. The molecule has 2 aromatic carbocycles. The monoisotopic (exact) mass is 436 g/mol. The molecular formula is C24H21FN2O3S. The Labute approximate surface area is 182 Å². The van der Waals surface area contributed by atoms with Crippen molar-refractivity contribution in [1.29, 1.82) is 0 Å². The average molecular weight is 437 g/mol. The molecule has 4 aromatic rings. The molecule has 0 bridgehead atoms. The molecule has 0 aliphatic heterocycles. The van der Waals surface area contributed by atoms with Gasteiger partial charge in [0.1, 0.15) is 16.4 Å². The van der Waals surface area contributed by atoms with Crippen LogP contribution in [0.4, 0.5) is 4.39 Å². The van der Waals surface area contributed by atoms with Crippen molar-refractivity contribution in [2.45, 2.75) is 32.2 Å². The molecule has 2 aromatic heterocycles. The second-order valence-corrected chi connectivity index (χ2v) is 8.81. The highest BCUT2D eigenvalue weighted by Crippen LogP contribution is 2.34. The summed E-state index contributed by atoms with van der Waals surface area (Å²) in [5.41, 5.74) is 1.64. The standard InChI is InChI=1S/C24H21FN2O3S/c1-30-18-6-4-5-17(13-18)27-22(28)21-19-7-2-3-8-20(19)31-23(21)26(24(27)29)14-15-9-11-16(25)12-10-15/h4-6,9-13H,2-3,7-8,14H2,1H3. The SMILES string of the molecule is COc1cccc(-n2c(=O)c3c4c(sc3n(Cc3ccc(F)cc3)c2=O)CCCC4)c1. The number of halogens is 1. The van der Waals surface area contributed by atoms with Gasteiger partial charge in [-0.3, -0.25) is 9.36 Å². The van der Waals surface area contributed by atoms with E-state index in [0.717, 1.165) is 36.8 Å². The van der Waals surface area contributed by atoms with E-state index in [4.69, 9.17) is 4.74 Å². The first-order chi connectivity index (χ1) is 15.1. The zero-order valence-corrected chi connectivity index (χ0v) is 17.9. The summed E-state index contributed by atoms with van der Waals surface area (Å²) in [7, 11) is 1.55. The summed E-state index contributed by atoms with van der Waals surface area (Å²) in [6.07, 6.45) is 3.90. The summed E-state index contributed by atoms with van der Waals surface area (Å²) in [4.78, 5) is 29.1. The van der Waals surface area contributed by atoms with Gasteiger partial charge >= 0.3 is 5.69 Å². The van der Waals surface area contributed by atoms with Crippen LogP contribution in [-0.4, -0.2) is 16.2 Å². The number of methoxy groups -OCH3 is 1. The highest BCUT2D eigenvalue weighted by atomic mass is 32.1. The molecule has 5 nitrogen and oxygen atoms in total.